The zero-order valence-corrected chi connectivity index (χ0v) is 18.6. The van der Waals surface area contributed by atoms with E-state index in [1.54, 1.807) is 32.4 Å². The normalized spacial score (nSPS) is 19.6. The van der Waals surface area contributed by atoms with Gasteiger partial charge in [-0.05, 0) is 58.6 Å². The summed E-state index contributed by atoms with van der Waals surface area (Å²) >= 11 is 0. The van der Waals surface area contributed by atoms with Crippen molar-refractivity contribution in [2.24, 2.45) is 5.92 Å². The first-order chi connectivity index (χ1) is 14.8. The van der Waals surface area contributed by atoms with Gasteiger partial charge in [-0.25, -0.2) is 0 Å². The molecule has 2 aromatic heterocycles. The molecule has 1 aromatic carbocycles. The first kappa shape index (κ1) is 21.2. The van der Waals surface area contributed by atoms with E-state index in [9.17, 15) is 9.90 Å². The summed E-state index contributed by atoms with van der Waals surface area (Å²) in [5.41, 5.74) is 2.18. The van der Waals surface area contributed by atoms with Gasteiger partial charge in [0.1, 0.15) is 0 Å². The molecule has 164 valence electrons. The van der Waals surface area contributed by atoms with Crippen LogP contribution >= 0.6 is 0 Å². The van der Waals surface area contributed by atoms with Gasteiger partial charge in [-0.15, -0.1) is 0 Å². The molecule has 1 fully saturated rings. The lowest BCUT2D eigenvalue weighted by molar-refractivity contribution is 0.0539. The first-order valence-corrected chi connectivity index (χ1v) is 10.8. The van der Waals surface area contributed by atoms with Crippen molar-refractivity contribution in [1.29, 1.82) is 0 Å². The minimum absolute atomic E-state index is 0.000493. The maximum atomic E-state index is 13.5. The molecule has 1 N–H and O–H groups in total. The van der Waals surface area contributed by atoms with E-state index in [1.165, 1.54) is 4.80 Å². The molecule has 1 aliphatic heterocycles. The van der Waals surface area contributed by atoms with Crippen LogP contribution in [0.4, 0.5) is 0 Å². The van der Waals surface area contributed by atoms with Crippen molar-refractivity contribution in [2.45, 2.75) is 58.7 Å². The molecule has 8 nitrogen and oxygen atoms in total. The highest BCUT2D eigenvalue weighted by molar-refractivity contribution is 5.98. The highest BCUT2D eigenvalue weighted by Gasteiger charge is 2.32. The fourth-order valence-corrected chi connectivity index (χ4v) is 4.41. The van der Waals surface area contributed by atoms with Crippen LogP contribution in [0, 0.1) is 12.8 Å². The molecule has 0 radical (unpaired) electrons. The monoisotopic (exact) mass is 422 g/mol. The molecule has 31 heavy (non-hydrogen) atoms. The number of likely N-dealkylation sites (tertiary alicyclic amines) is 1. The zero-order valence-electron chi connectivity index (χ0n) is 18.6. The topological polar surface area (TPSA) is 89.1 Å². The van der Waals surface area contributed by atoms with Crippen molar-refractivity contribution in [1.82, 2.24) is 29.7 Å². The predicted octanol–water partition coefficient (Wildman–Crippen LogP) is 2.94. The average Bonchev–Trinajstić information content (AvgIpc) is 3.39. The maximum Gasteiger partial charge on any atom is 0.256 e. The molecule has 0 spiro atoms. The molecular formula is C23H30N6O2. The number of nitrogens with zero attached hydrogens (tertiary/aromatic N) is 6. The van der Waals surface area contributed by atoms with Crippen molar-refractivity contribution in [3.8, 4) is 5.69 Å². The third-order valence-electron chi connectivity index (χ3n) is 6.20. The van der Waals surface area contributed by atoms with Crippen LogP contribution < -0.4 is 0 Å². The Morgan fingerprint density at radius 2 is 1.87 bits per heavy atom. The number of carbonyl (C=O) groups excluding carboxylic acids is 1. The lowest BCUT2D eigenvalue weighted by Crippen LogP contribution is -2.46. The molecule has 8 heteroatoms. The number of aromatic nitrogens is 5. The van der Waals surface area contributed by atoms with Gasteiger partial charge in [0.15, 0.2) is 0 Å². The van der Waals surface area contributed by atoms with E-state index in [0.717, 1.165) is 30.6 Å². The summed E-state index contributed by atoms with van der Waals surface area (Å²) in [6.07, 6.45) is 6.93. The molecule has 1 aliphatic rings. The summed E-state index contributed by atoms with van der Waals surface area (Å²) in [5.74, 6) is 0.294. The van der Waals surface area contributed by atoms with Gasteiger partial charge >= 0.3 is 0 Å². The summed E-state index contributed by atoms with van der Waals surface area (Å²) in [6.45, 7) is 9.03. The number of piperidine rings is 1. The lowest BCUT2D eigenvalue weighted by atomic mass is 9.92. The number of para-hydroxylation sites is 1. The third-order valence-corrected chi connectivity index (χ3v) is 6.20. The number of rotatable bonds is 5. The van der Waals surface area contributed by atoms with Crippen molar-refractivity contribution in [3.63, 3.8) is 0 Å². The van der Waals surface area contributed by atoms with Crippen molar-refractivity contribution < 1.29 is 9.90 Å². The van der Waals surface area contributed by atoms with Crippen LogP contribution in [-0.4, -0.2) is 53.3 Å². The van der Waals surface area contributed by atoms with Crippen LogP contribution in [0.25, 0.3) is 5.69 Å². The Morgan fingerprint density at radius 3 is 2.55 bits per heavy atom. The van der Waals surface area contributed by atoms with E-state index >= 15 is 0 Å². The highest BCUT2D eigenvalue weighted by atomic mass is 16.3. The van der Waals surface area contributed by atoms with Gasteiger partial charge in [0.2, 0.25) is 0 Å². The number of benzene rings is 1. The number of amides is 1. The van der Waals surface area contributed by atoms with Gasteiger partial charge in [0, 0.05) is 30.4 Å². The average molecular weight is 423 g/mol. The Labute approximate surface area is 182 Å². The molecule has 0 aliphatic carbocycles. The third kappa shape index (κ3) is 4.25. The minimum atomic E-state index is -0.921. The van der Waals surface area contributed by atoms with Gasteiger partial charge in [-0.1, -0.05) is 12.1 Å². The Kier molecular flexibility index (Phi) is 5.66. The number of hydrogen-bond acceptors (Lipinski definition) is 5. The van der Waals surface area contributed by atoms with E-state index in [0.29, 0.717) is 23.7 Å². The van der Waals surface area contributed by atoms with E-state index in [-0.39, 0.29) is 11.9 Å². The SMILES string of the molecule is Cc1c(C(C)(C)O)cnn1C[C@@H]1CC[C@@H](C)N(C(=O)c2ccccc2-n2nccn2)C1. The van der Waals surface area contributed by atoms with Crippen molar-refractivity contribution in [3.05, 3.63) is 59.7 Å². The second-order valence-electron chi connectivity index (χ2n) is 8.97. The van der Waals surface area contributed by atoms with Gasteiger partial charge < -0.3 is 10.0 Å². The molecule has 3 heterocycles. The Morgan fingerprint density at radius 1 is 1.16 bits per heavy atom. The van der Waals surface area contributed by atoms with Gasteiger partial charge in [-0.3, -0.25) is 9.48 Å². The minimum Gasteiger partial charge on any atom is -0.386 e. The van der Waals surface area contributed by atoms with Crippen molar-refractivity contribution in [2.75, 3.05) is 6.54 Å². The maximum absolute atomic E-state index is 13.5. The second-order valence-corrected chi connectivity index (χ2v) is 8.97. The second kappa shape index (κ2) is 8.26. The van der Waals surface area contributed by atoms with E-state index in [2.05, 4.69) is 22.2 Å². The van der Waals surface area contributed by atoms with Gasteiger partial charge in [0.05, 0.1) is 35.4 Å². The summed E-state index contributed by atoms with van der Waals surface area (Å²) < 4.78 is 1.96. The summed E-state index contributed by atoms with van der Waals surface area (Å²) in [6, 6.07) is 7.62. The number of carbonyl (C=O) groups is 1. The zero-order chi connectivity index (χ0) is 22.2. The van der Waals surface area contributed by atoms with Crippen LogP contribution in [0.15, 0.2) is 42.9 Å². The van der Waals surface area contributed by atoms with E-state index in [4.69, 9.17) is 0 Å². The van der Waals surface area contributed by atoms with E-state index < -0.39 is 5.60 Å². The Balaban J connectivity index is 1.54. The van der Waals surface area contributed by atoms with Crippen molar-refractivity contribution >= 4 is 5.91 Å². The molecule has 0 unspecified atom stereocenters. The standard InChI is InChI=1S/C23H30N6O2/c1-16-9-10-18(15-28-17(2)20(13-26-28)23(3,4)31)14-27(16)22(30)19-7-5-6-8-21(19)29-24-11-12-25-29/h5-8,11-13,16,18,31H,9-10,14-15H2,1-4H3/t16-,18-/m1/s1. The van der Waals surface area contributed by atoms with E-state index in [1.807, 2.05) is 40.8 Å². The number of hydrogen-bond donors (Lipinski definition) is 1. The quantitative estimate of drug-likeness (QED) is 0.683. The predicted molar refractivity (Wildman–Crippen MR) is 117 cm³/mol. The van der Waals surface area contributed by atoms with Crippen LogP contribution in [0.3, 0.4) is 0 Å². The molecule has 3 aromatic rings. The summed E-state index contributed by atoms with van der Waals surface area (Å²) in [4.78, 5) is 17.0. The molecule has 1 amide bonds. The lowest BCUT2D eigenvalue weighted by Gasteiger charge is -2.38. The van der Waals surface area contributed by atoms with Gasteiger partial charge in [0.25, 0.3) is 5.91 Å². The summed E-state index contributed by atoms with van der Waals surface area (Å²) in [5, 5.41) is 23.3. The number of aliphatic hydroxyl groups is 1. The van der Waals surface area contributed by atoms with Gasteiger partial charge in [-0.2, -0.15) is 20.1 Å². The molecular weight excluding hydrogens is 392 g/mol. The van der Waals surface area contributed by atoms with Crippen LogP contribution in [0.5, 0.6) is 0 Å². The highest BCUT2D eigenvalue weighted by Crippen LogP contribution is 2.28. The summed E-state index contributed by atoms with van der Waals surface area (Å²) in [7, 11) is 0. The fourth-order valence-electron chi connectivity index (χ4n) is 4.41. The largest absolute Gasteiger partial charge is 0.386 e. The molecule has 2 atom stereocenters. The molecule has 4 rings (SSSR count). The molecule has 0 saturated carbocycles. The fraction of sp³-hybridized carbons (Fsp3) is 0.478. The first-order valence-electron chi connectivity index (χ1n) is 10.8. The molecule has 0 bridgehead atoms. The van der Waals surface area contributed by atoms with Crippen LogP contribution in [0.1, 0.15) is 55.2 Å². The Hall–Kier alpha value is -3.00. The Bertz CT molecular complexity index is 1050. The molecule has 1 saturated heterocycles. The smallest absolute Gasteiger partial charge is 0.256 e. The van der Waals surface area contributed by atoms with Crippen LogP contribution in [0.2, 0.25) is 0 Å². The van der Waals surface area contributed by atoms with Crippen LogP contribution in [-0.2, 0) is 12.1 Å².